The van der Waals surface area contributed by atoms with Crippen LogP contribution in [-0.4, -0.2) is 52.6 Å². The lowest BCUT2D eigenvalue weighted by molar-refractivity contribution is -0.138. The molecule has 8 nitrogen and oxygen atoms in total. The van der Waals surface area contributed by atoms with Crippen molar-refractivity contribution in [2.24, 2.45) is 0 Å². The Morgan fingerprint density at radius 3 is 2.14 bits per heavy atom. The number of carboxylic acids is 1. The van der Waals surface area contributed by atoms with Gasteiger partial charge in [-0.15, -0.1) is 0 Å². The average molecular weight is 547 g/mol. The number of aliphatic carboxylic acids is 1. The third-order valence-electron chi connectivity index (χ3n) is 6.11. The molecule has 1 amide bonds. The summed E-state index contributed by atoms with van der Waals surface area (Å²) >= 11 is 4.16. The van der Waals surface area contributed by atoms with Gasteiger partial charge < -0.3 is 9.66 Å². The first-order chi connectivity index (χ1) is 17.1. The van der Waals surface area contributed by atoms with E-state index < -0.39 is 51.3 Å². The summed E-state index contributed by atoms with van der Waals surface area (Å²) in [6.45, 7) is -0.936. The summed E-state index contributed by atoms with van der Waals surface area (Å²) in [6, 6.07) is 21.7. The molecule has 0 heterocycles. The number of rotatable bonds is 9. The summed E-state index contributed by atoms with van der Waals surface area (Å²) in [7, 11) is -4.45. The van der Waals surface area contributed by atoms with Gasteiger partial charge in [-0.25, -0.2) is 8.42 Å². The Balaban J connectivity index is 1.76. The van der Waals surface area contributed by atoms with Gasteiger partial charge in [-0.3, -0.25) is 9.59 Å². The van der Waals surface area contributed by atoms with Crippen LogP contribution in [0.25, 0.3) is 11.1 Å². The number of carboxylic acid groups (broad SMARTS) is 1. The number of carbonyl (C=O) groups excluding carboxylic acids is 1. The molecular weight excluding hydrogens is 524 g/mol. The molecule has 1 aliphatic rings. The molecule has 2 N–H and O–H groups in total. The van der Waals surface area contributed by atoms with E-state index in [0.717, 1.165) is 15.4 Å². The van der Waals surface area contributed by atoms with Crippen LogP contribution in [0.15, 0.2) is 83.8 Å². The summed E-state index contributed by atoms with van der Waals surface area (Å²) in [6.07, 6.45) is 1.30. The maximum atomic E-state index is 13.8. The first-order valence-electron chi connectivity index (χ1n) is 10.9. The molecule has 0 aliphatic heterocycles. The van der Waals surface area contributed by atoms with Crippen molar-refractivity contribution in [3.63, 3.8) is 0 Å². The normalized spacial score (nSPS) is 20.1. The van der Waals surface area contributed by atoms with Gasteiger partial charge >= 0.3 is 5.97 Å². The van der Waals surface area contributed by atoms with Crippen molar-refractivity contribution >= 4 is 44.9 Å². The number of benzene rings is 3. The zero-order valence-electron chi connectivity index (χ0n) is 19.1. The van der Waals surface area contributed by atoms with E-state index in [1.54, 1.807) is 66.7 Å². The summed E-state index contributed by atoms with van der Waals surface area (Å²) in [5.74, 6) is -2.83. The number of nitrogens with zero attached hydrogens (tertiary/aromatic N) is 1. The lowest BCUT2D eigenvalue weighted by Crippen LogP contribution is -2.55. The number of sulfonamides is 1. The molecule has 0 radical (unpaired) electrons. The van der Waals surface area contributed by atoms with Crippen LogP contribution in [0.2, 0.25) is 5.02 Å². The fraction of sp³-hybridized carbons (Fsp3) is 0.200. The highest BCUT2D eigenvalue weighted by molar-refractivity contribution is 7.89. The molecule has 1 fully saturated rings. The molecule has 1 aliphatic carbocycles. The zero-order valence-corrected chi connectivity index (χ0v) is 21.5. The van der Waals surface area contributed by atoms with Gasteiger partial charge in [0.1, 0.15) is 18.3 Å². The number of hydrogen-bond acceptors (Lipinski definition) is 5. The first kappa shape index (κ1) is 26.2. The predicted octanol–water partition coefficient (Wildman–Crippen LogP) is 3.42. The van der Waals surface area contributed by atoms with Crippen LogP contribution in [0.5, 0.6) is 0 Å². The molecule has 3 atom stereocenters. The zero-order chi connectivity index (χ0) is 26.1. The fourth-order valence-electron chi connectivity index (χ4n) is 4.34. The van der Waals surface area contributed by atoms with Gasteiger partial charge in [-0.1, -0.05) is 66.2 Å². The number of halogens is 1. The van der Waals surface area contributed by atoms with Crippen LogP contribution >= 0.6 is 11.6 Å². The Labute approximate surface area is 217 Å². The molecule has 0 aromatic heterocycles. The van der Waals surface area contributed by atoms with Gasteiger partial charge in [0, 0.05) is 10.9 Å². The van der Waals surface area contributed by atoms with Crippen LogP contribution in [0, 0.1) is 0 Å². The molecule has 0 spiro atoms. The van der Waals surface area contributed by atoms with E-state index in [9.17, 15) is 27.7 Å². The van der Waals surface area contributed by atoms with Gasteiger partial charge in [0.25, 0.3) is 5.91 Å². The molecule has 1 saturated carbocycles. The van der Waals surface area contributed by atoms with E-state index in [1.165, 1.54) is 18.4 Å². The second-order valence-corrected chi connectivity index (χ2v) is 11.8. The van der Waals surface area contributed by atoms with Gasteiger partial charge in [0.2, 0.25) is 10.0 Å². The highest BCUT2D eigenvalue weighted by Crippen LogP contribution is 2.57. The lowest BCUT2D eigenvalue weighted by Gasteiger charge is -2.30. The molecule has 0 saturated heterocycles. The van der Waals surface area contributed by atoms with Crippen molar-refractivity contribution in [1.82, 2.24) is 9.03 Å². The Hall–Kier alpha value is -2.89. The van der Waals surface area contributed by atoms with E-state index in [4.69, 9.17) is 11.6 Å². The molecule has 3 aromatic rings. The lowest BCUT2D eigenvalue weighted by atomic mass is 10.1. The van der Waals surface area contributed by atoms with Gasteiger partial charge in [0.15, 0.2) is 0 Å². The van der Waals surface area contributed by atoms with Crippen molar-refractivity contribution in [2.45, 2.75) is 22.8 Å². The number of amides is 1. The minimum atomic E-state index is -4.45. The van der Waals surface area contributed by atoms with Crippen LogP contribution in [0.3, 0.4) is 0 Å². The predicted molar refractivity (Wildman–Crippen MR) is 137 cm³/mol. The quantitative estimate of drug-likeness (QED) is 0.396. The topological polar surface area (TPSA) is 127 Å². The van der Waals surface area contributed by atoms with Crippen molar-refractivity contribution in [3.05, 3.63) is 89.4 Å². The van der Waals surface area contributed by atoms with Gasteiger partial charge in [-0.2, -0.15) is 9.03 Å². The summed E-state index contributed by atoms with van der Waals surface area (Å²) in [4.78, 5) is 24.9. The molecule has 188 valence electrons. The number of carbonyl (C=O) groups is 2. The van der Waals surface area contributed by atoms with Gasteiger partial charge in [-0.05, 0) is 47.4 Å². The smallest absolute Gasteiger partial charge is 0.318 e. The first-order valence-corrected chi connectivity index (χ1v) is 14.2. The summed E-state index contributed by atoms with van der Waals surface area (Å²) in [5, 5.41) is 10.2. The highest BCUT2D eigenvalue weighted by Gasteiger charge is 2.68. The molecule has 11 heteroatoms. The molecular formula is C25H23ClN2O6S2. The van der Waals surface area contributed by atoms with Crippen LogP contribution in [0.1, 0.15) is 17.9 Å². The van der Waals surface area contributed by atoms with E-state index in [2.05, 4.69) is 4.72 Å². The Bertz CT molecular complexity index is 1370. The Morgan fingerprint density at radius 2 is 1.61 bits per heavy atom. The van der Waals surface area contributed by atoms with Crippen molar-refractivity contribution in [1.29, 1.82) is 0 Å². The molecule has 4 rings (SSSR count). The Kier molecular flexibility index (Phi) is 7.44. The van der Waals surface area contributed by atoms with Crippen LogP contribution in [0.4, 0.5) is 0 Å². The highest BCUT2D eigenvalue weighted by atomic mass is 35.5. The standard InChI is InChI=1S/C25H23ClN2O6S2/c1-35(32)27-24(31)25(15-22(25)19-5-3-2-4-6-19)28(16-23(29)30)36(33,34)21-13-9-18(10-14-21)17-7-11-20(26)12-8-17/h2-14,22H,15-16H2,1H3,(H,27,31)(H,29,30). The average Bonchev–Trinajstić information content (AvgIpc) is 3.60. The van der Waals surface area contributed by atoms with E-state index in [-0.39, 0.29) is 11.3 Å². The van der Waals surface area contributed by atoms with E-state index in [1.807, 2.05) is 0 Å². The van der Waals surface area contributed by atoms with Crippen molar-refractivity contribution in [3.8, 4) is 11.1 Å². The largest absolute Gasteiger partial charge is 0.593 e. The maximum Gasteiger partial charge on any atom is 0.318 e. The van der Waals surface area contributed by atoms with Gasteiger partial charge in [0.05, 0.1) is 16.3 Å². The maximum absolute atomic E-state index is 13.8. The molecule has 0 bridgehead atoms. The molecule has 36 heavy (non-hydrogen) atoms. The second kappa shape index (κ2) is 10.2. The van der Waals surface area contributed by atoms with Crippen molar-refractivity contribution < 1.29 is 27.7 Å². The summed E-state index contributed by atoms with van der Waals surface area (Å²) in [5.41, 5.74) is 0.494. The number of nitrogens with one attached hydrogen (secondary N) is 1. The second-order valence-electron chi connectivity index (χ2n) is 8.41. The molecule has 3 unspecified atom stereocenters. The third-order valence-corrected chi connectivity index (χ3v) is 8.73. The third kappa shape index (κ3) is 5.14. The SMILES string of the molecule is C[S+]([O-])NC(=O)C1(N(CC(=O)O)S(=O)(=O)c2ccc(-c3ccc(Cl)cc3)cc2)CC1c1ccccc1. The minimum absolute atomic E-state index is 0.0510. The van der Waals surface area contributed by atoms with E-state index in [0.29, 0.717) is 10.6 Å². The van der Waals surface area contributed by atoms with Crippen molar-refractivity contribution in [2.75, 3.05) is 12.8 Å². The Morgan fingerprint density at radius 1 is 1.06 bits per heavy atom. The molecule has 3 aromatic carbocycles. The fourth-order valence-corrected chi connectivity index (χ4v) is 6.63. The summed E-state index contributed by atoms with van der Waals surface area (Å²) < 4.78 is 42.4. The van der Waals surface area contributed by atoms with Crippen LogP contribution < -0.4 is 4.72 Å². The minimum Gasteiger partial charge on any atom is -0.593 e. The van der Waals surface area contributed by atoms with E-state index >= 15 is 0 Å². The monoisotopic (exact) mass is 546 g/mol. The van der Waals surface area contributed by atoms with Crippen LogP contribution in [-0.2, 0) is 31.0 Å². The number of hydrogen-bond donors (Lipinski definition) is 2.